The molecule has 152 valence electrons. The number of aromatic nitrogens is 2. The number of hydrogen-bond donors (Lipinski definition) is 3. The van der Waals surface area contributed by atoms with Gasteiger partial charge in [-0.2, -0.15) is 0 Å². The second kappa shape index (κ2) is 7.03. The van der Waals surface area contributed by atoms with Gasteiger partial charge in [0.1, 0.15) is 0 Å². The molecule has 4 heterocycles. The van der Waals surface area contributed by atoms with Crippen LogP contribution in [0.15, 0.2) is 60.9 Å². The van der Waals surface area contributed by atoms with Crippen molar-refractivity contribution in [2.24, 2.45) is 0 Å². The number of hydrogen-bond acceptors (Lipinski definition) is 2. The van der Waals surface area contributed by atoms with Gasteiger partial charge in [0.15, 0.2) is 0 Å². The highest BCUT2D eigenvalue weighted by molar-refractivity contribution is 5.98. The Kier molecular flexibility index (Phi) is 4.16. The molecule has 2 aromatic carbocycles. The molecule has 6 rings (SSSR count). The molecule has 0 radical (unpaired) electrons. The molecule has 5 heteroatoms. The third kappa shape index (κ3) is 3.10. The summed E-state index contributed by atoms with van der Waals surface area (Å²) in [4.78, 5) is 22.0. The summed E-state index contributed by atoms with van der Waals surface area (Å²) in [5.74, 6) is 0.0438. The van der Waals surface area contributed by atoms with Gasteiger partial charge in [0.05, 0.1) is 0 Å². The third-order valence-electron chi connectivity index (χ3n) is 7.02. The first-order valence-electron chi connectivity index (χ1n) is 10.9. The van der Waals surface area contributed by atoms with Gasteiger partial charge in [0.2, 0.25) is 0 Å². The lowest BCUT2D eigenvalue weighted by atomic mass is 9.96. The molecule has 3 atom stereocenters. The van der Waals surface area contributed by atoms with Crippen LogP contribution >= 0.6 is 0 Å². The summed E-state index contributed by atoms with van der Waals surface area (Å²) in [6.07, 6.45) is 8.46. The molecule has 1 unspecified atom stereocenters. The first kappa shape index (κ1) is 17.8. The minimum Gasteiger partial charge on any atom is -0.361 e. The van der Waals surface area contributed by atoms with Crippen LogP contribution < -0.4 is 5.32 Å². The second-order valence-corrected chi connectivity index (χ2v) is 8.88. The zero-order valence-electron chi connectivity index (χ0n) is 16.9. The molecular formula is C25H26N4O. The van der Waals surface area contributed by atoms with E-state index < -0.39 is 0 Å². The van der Waals surface area contributed by atoms with E-state index in [4.69, 9.17) is 0 Å². The molecule has 5 nitrogen and oxygen atoms in total. The number of H-pyrrole nitrogens is 2. The van der Waals surface area contributed by atoms with E-state index in [9.17, 15) is 4.79 Å². The first-order valence-corrected chi connectivity index (χ1v) is 10.9. The fourth-order valence-electron chi connectivity index (χ4n) is 5.52. The fraction of sp³-hybridized carbons (Fsp3) is 0.320. The van der Waals surface area contributed by atoms with Crippen molar-refractivity contribution in [1.82, 2.24) is 20.2 Å². The second-order valence-electron chi connectivity index (χ2n) is 8.88. The minimum atomic E-state index is 0.0438. The Morgan fingerprint density at radius 1 is 0.900 bits per heavy atom. The van der Waals surface area contributed by atoms with E-state index in [1.807, 2.05) is 36.7 Å². The highest BCUT2D eigenvalue weighted by Gasteiger charge is 2.41. The summed E-state index contributed by atoms with van der Waals surface area (Å²) in [5.41, 5.74) is 4.32. The van der Waals surface area contributed by atoms with Crippen LogP contribution in [0, 0.1) is 0 Å². The lowest BCUT2D eigenvalue weighted by Crippen LogP contribution is -2.49. The Labute approximate surface area is 175 Å². The molecule has 0 saturated carbocycles. The van der Waals surface area contributed by atoms with Crippen LogP contribution in [-0.2, 0) is 6.54 Å². The maximum atomic E-state index is 12.8. The Morgan fingerprint density at radius 3 is 2.50 bits per heavy atom. The number of piperidine rings is 1. The van der Waals surface area contributed by atoms with E-state index in [1.165, 1.54) is 29.3 Å². The van der Waals surface area contributed by atoms with E-state index in [-0.39, 0.29) is 11.9 Å². The van der Waals surface area contributed by atoms with E-state index in [1.54, 1.807) is 0 Å². The summed E-state index contributed by atoms with van der Waals surface area (Å²) in [6.45, 7) is 1.00. The standard InChI is InChI=1S/C25H26N4O/c30-25(19-3-2-17-7-9-27-24(17)12-19)28-20-13-21-4-5-22(14-20)29(21)15-16-1-6-23-18(11-16)8-10-26-23/h1-3,6-12,20-22,26-27H,4-5,13-15H2,(H,28,30)/t20?,21-,22+. The SMILES string of the molecule is O=C(NC1C[C@H]2CC[C@@H](C1)N2Cc1ccc2[nH]ccc2c1)c1ccc2cc[nH]c2c1. The van der Waals surface area contributed by atoms with Gasteiger partial charge in [-0.15, -0.1) is 0 Å². The molecule has 1 amide bonds. The highest BCUT2D eigenvalue weighted by atomic mass is 16.1. The topological polar surface area (TPSA) is 63.9 Å². The molecule has 3 N–H and O–H groups in total. The van der Waals surface area contributed by atoms with E-state index >= 15 is 0 Å². The van der Waals surface area contributed by atoms with Crippen molar-refractivity contribution in [2.45, 2.75) is 50.4 Å². The van der Waals surface area contributed by atoms with Crippen molar-refractivity contribution in [3.8, 4) is 0 Å². The van der Waals surface area contributed by atoms with Crippen molar-refractivity contribution in [3.05, 3.63) is 72.1 Å². The summed E-state index contributed by atoms with van der Waals surface area (Å²) < 4.78 is 0. The van der Waals surface area contributed by atoms with Gasteiger partial charge in [-0.3, -0.25) is 9.69 Å². The average Bonchev–Trinajstić information content (AvgIpc) is 3.46. The van der Waals surface area contributed by atoms with Crippen LogP contribution in [0.5, 0.6) is 0 Å². The number of carbonyl (C=O) groups is 1. The molecule has 30 heavy (non-hydrogen) atoms. The van der Waals surface area contributed by atoms with Crippen molar-refractivity contribution >= 4 is 27.7 Å². The van der Waals surface area contributed by atoms with Gasteiger partial charge in [0.25, 0.3) is 5.91 Å². The maximum absolute atomic E-state index is 12.8. The largest absolute Gasteiger partial charge is 0.361 e. The fourth-order valence-corrected chi connectivity index (χ4v) is 5.52. The molecule has 0 aliphatic carbocycles. The van der Waals surface area contributed by atoms with Crippen LogP contribution in [-0.4, -0.2) is 38.9 Å². The molecular weight excluding hydrogens is 372 g/mol. The molecule has 2 saturated heterocycles. The van der Waals surface area contributed by atoms with E-state index in [2.05, 4.69) is 44.5 Å². The predicted octanol–water partition coefficient (Wildman–Crippen LogP) is 4.57. The van der Waals surface area contributed by atoms with Crippen molar-refractivity contribution in [3.63, 3.8) is 0 Å². The molecule has 2 aromatic heterocycles. The van der Waals surface area contributed by atoms with Gasteiger partial charge in [-0.25, -0.2) is 0 Å². The van der Waals surface area contributed by atoms with Crippen LogP contribution in [0.25, 0.3) is 21.8 Å². The molecule has 2 aliphatic rings. The van der Waals surface area contributed by atoms with Crippen molar-refractivity contribution < 1.29 is 4.79 Å². The van der Waals surface area contributed by atoms with E-state index in [0.717, 1.165) is 35.9 Å². The summed E-state index contributed by atoms with van der Waals surface area (Å²) in [6, 6.07) is 18.1. The van der Waals surface area contributed by atoms with Crippen LogP contribution in [0.4, 0.5) is 0 Å². The van der Waals surface area contributed by atoms with Gasteiger partial charge in [-0.1, -0.05) is 12.1 Å². The molecule has 4 aromatic rings. The number of nitrogens with zero attached hydrogens (tertiary/aromatic N) is 1. The number of rotatable bonds is 4. The number of carbonyl (C=O) groups excluding carboxylic acids is 1. The van der Waals surface area contributed by atoms with Crippen molar-refractivity contribution in [2.75, 3.05) is 0 Å². The monoisotopic (exact) mass is 398 g/mol. The molecule has 2 fully saturated rings. The Bertz CT molecular complexity index is 1210. The highest BCUT2D eigenvalue weighted by Crippen LogP contribution is 2.37. The predicted molar refractivity (Wildman–Crippen MR) is 119 cm³/mol. The lowest BCUT2D eigenvalue weighted by molar-refractivity contribution is 0.0828. The number of benzene rings is 2. The number of amides is 1. The Morgan fingerprint density at radius 2 is 1.67 bits per heavy atom. The van der Waals surface area contributed by atoms with Crippen LogP contribution in [0.3, 0.4) is 0 Å². The van der Waals surface area contributed by atoms with Gasteiger partial charge >= 0.3 is 0 Å². The van der Waals surface area contributed by atoms with Gasteiger partial charge in [-0.05, 0) is 78.4 Å². The third-order valence-corrected chi connectivity index (χ3v) is 7.02. The van der Waals surface area contributed by atoms with Gasteiger partial charge in [0, 0.05) is 53.7 Å². The Balaban J connectivity index is 1.13. The molecule has 0 spiro atoms. The zero-order chi connectivity index (χ0) is 20.1. The zero-order valence-corrected chi connectivity index (χ0v) is 16.9. The van der Waals surface area contributed by atoms with Crippen molar-refractivity contribution in [1.29, 1.82) is 0 Å². The maximum Gasteiger partial charge on any atom is 0.251 e. The minimum absolute atomic E-state index is 0.0438. The number of nitrogens with one attached hydrogen (secondary N) is 3. The van der Waals surface area contributed by atoms with Crippen LogP contribution in [0.2, 0.25) is 0 Å². The number of fused-ring (bicyclic) bond motifs is 4. The number of aromatic amines is 2. The summed E-state index contributed by atoms with van der Waals surface area (Å²) >= 11 is 0. The summed E-state index contributed by atoms with van der Waals surface area (Å²) in [7, 11) is 0. The average molecular weight is 399 g/mol. The smallest absolute Gasteiger partial charge is 0.251 e. The normalized spacial score (nSPS) is 23.9. The molecule has 2 aliphatic heterocycles. The first-order chi connectivity index (χ1) is 14.7. The van der Waals surface area contributed by atoms with Crippen LogP contribution in [0.1, 0.15) is 41.6 Å². The molecule has 2 bridgehead atoms. The Hall–Kier alpha value is -3.05. The summed E-state index contributed by atoms with van der Waals surface area (Å²) in [5, 5.41) is 5.73. The quantitative estimate of drug-likeness (QED) is 0.471. The van der Waals surface area contributed by atoms with Gasteiger partial charge < -0.3 is 15.3 Å². The lowest BCUT2D eigenvalue weighted by Gasteiger charge is -2.39. The van der Waals surface area contributed by atoms with E-state index in [0.29, 0.717) is 12.1 Å².